The lowest BCUT2D eigenvalue weighted by Gasteiger charge is -2.14. The third-order valence-corrected chi connectivity index (χ3v) is 4.22. The van der Waals surface area contributed by atoms with Crippen molar-refractivity contribution >= 4 is 46.4 Å². The van der Waals surface area contributed by atoms with Gasteiger partial charge in [0.2, 0.25) is 0 Å². The average Bonchev–Trinajstić information content (AvgIpc) is 2.85. The zero-order valence-corrected chi connectivity index (χ0v) is 14.6. The molecule has 1 aromatic heterocycles. The van der Waals surface area contributed by atoms with E-state index >= 15 is 0 Å². The molecule has 8 heteroatoms. The van der Waals surface area contributed by atoms with E-state index in [0.29, 0.717) is 16.7 Å². The first-order valence-electron chi connectivity index (χ1n) is 6.46. The topological polar surface area (TPSA) is 54.8 Å². The maximum Gasteiger partial charge on any atom is 0.195 e. The van der Waals surface area contributed by atoms with Crippen LogP contribution in [0.2, 0.25) is 5.02 Å². The number of hydrogen-bond acceptors (Lipinski definition) is 4. The van der Waals surface area contributed by atoms with Crippen molar-refractivity contribution in [3.8, 4) is 0 Å². The number of halogens is 1. The predicted molar refractivity (Wildman–Crippen MR) is 95.6 cm³/mol. The maximum atomic E-state index is 6.08. The number of hydrogen-bond donors (Lipinski definition) is 2. The minimum Gasteiger partial charge on any atom is -0.359 e. The summed E-state index contributed by atoms with van der Waals surface area (Å²) in [5.41, 5.74) is 1.82. The van der Waals surface area contributed by atoms with Gasteiger partial charge in [-0.3, -0.25) is 0 Å². The van der Waals surface area contributed by atoms with E-state index in [1.54, 1.807) is 6.33 Å². The lowest BCUT2D eigenvalue weighted by Crippen LogP contribution is -2.29. The molecule has 0 aliphatic carbocycles. The Bertz CT molecular complexity index is 698. The van der Waals surface area contributed by atoms with Gasteiger partial charge in [-0.1, -0.05) is 23.8 Å². The number of aromatic nitrogens is 3. The summed E-state index contributed by atoms with van der Waals surface area (Å²) in [5, 5.41) is 16.1. The van der Waals surface area contributed by atoms with E-state index in [1.807, 2.05) is 36.7 Å². The largest absolute Gasteiger partial charge is 0.359 e. The molecule has 0 radical (unpaired) electrons. The van der Waals surface area contributed by atoms with Crippen LogP contribution in [-0.2, 0) is 7.05 Å². The first-order chi connectivity index (χ1) is 10.5. The summed E-state index contributed by atoms with van der Waals surface area (Å²) < 4.78 is 1.85. The average molecular weight is 354 g/mol. The van der Waals surface area contributed by atoms with Crippen LogP contribution in [0, 0.1) is 0 Å². The molecule has 2 aromatic rings. The van der Waals surface area contributed by atoms with Crippen LogP contribution in [0.15, 0.2) is 46.7 Å². The molecule has 0 aliphatic rings. The molecular formula is C14H16ClN5S2. The highest BCUT2D eigenvalue weighted by Crippen LogP contribution is 2.33. The summed E-state index contributed by atoms with van der Waals surface area (Å²) in [7, 11) is 1.89. The van der Waals surface area contributed by atoms with Crippen molar-refractivity contribution in [3.05, 3.63) is 41.7 Å². The summed E-state index contributed by atoms with van der Waals surface area (Å²) in [4.78, 5) is 0.958. The van der Waals surface area contributed by atoms with Gasteiger partial charge in [-0.2, -0.15) is 0 Å². The van der Waals surface area contributed by atoms with Crippen molar-refractivity contribution in [3.63, 3.8) is 0 Å². The number of anilines is 1. The van der Waals surface area contributed by atoms with E-state index in [-0.39, 0.29) is 0 Å². The van der Waals surface area contributed by atoms with Gasteiger partial charge in [-0.05, 0) is 49.1 Å². The molecule has 0 amide bonds. The second kappa shape index (κ2) is 7.62. The molecule has 0 fully saturated rings. The van der Waals surface area contributed by atoms with Gasteiger partial charge in [0.1, 0.15) is 6.33 Å². The Morgan fingerprint density at radius 1 is 1.50 bits per heavy atom. The molecule has 22 heavy (non-hydrogen) atoms. The second-order valence-corrected chi connectivity index (χ2v) is 6.59. The van der Waals surface area contributed by atoms with Gasteiger partial charge >= 0.3 is 0 Å². The number of thiocarbonyl (C=S) groups is 1. The molecule has 1 heterocycles. The third-order valence-electron chi connectivity index (χ3n) is 2.61. The summed E-state index contributed by atoms with van der Waals surface area (Å²) >= 11 is 12.8. The number of nitrogens with one attached hydrogen (secondary N) is 2. The van der Waals surface area contributed by atoms with E-state index in [4.69, 9.17) is 23.8 Å². The van der Waals surface area contributed by atoms with Gasteiger partial charge < -0.3 is 15.2 Å². The summed E-state index contributed by atoms with van der Waals surface area (Å²) in [6.45, 7) is 6.39. The van der Waals surface area contributed by atoms with Gasteiger partial charge in [0, 0.05) is 23.5 Å². The molecule has 0 spiro atoms. The van der Waals surface area contributed by atoms with E-state index in [0.717, 1.165) is 21.3 Å². The highest BCUT2D eigenvalue weighted by atomic mass is 35.5. The molecule has 5 nitrogen and oxygen atoms in total. The molecule has 0 atom stereocenters. The minimum absolute atomic E-state index is 0.519. The molecule has 0 aliphatic heterocycles. The lowest BCUT2D eigenvalue weighted by molar-refractivity contribution is 0.789. The zero-order chi connectivity index (χ0) is 16.1. The molecule has 2 N–H and O–H groups in total. The predicted octanol–water partition coefficient (Wildman–Crippen LogP) is 3.48. The zero-order valence-electron chi connectivity index (χ0n) is 12.3. The smallest absolute Gasteiger partial charge is 0.195 e. The number of nitrogens with zero attached hydrogens (tertiary/aromatic N) is 3. The summed E-state index contributed by atoms with van der Waals surface area (Å²) in [5.74, 6) is 0. The maximum absolute atomic E-state index is 6.08. The summed E-state index contributed by atoms with van der Waals surface area (Å²) in [6, 6.07) is 5.58. The highest BCUT2D eigenvalue weighted by Gasteiger charge is 2.10. The van der Waals surface area contributed by atoms with E-state index in [2.05, 4.69) is 27.4 Å². The first-order valence-corrected chi connectivity index (χ1v) is 8.06. The molecule has 0 saturated heterocycles. The Morgan fingerprint density at radius 2 is 2.27 bits per heavy atom. The van der Waals surface area contributed by atoms with Crippen molar-refractivity contribution in [1.29, 1.82) is 0 Å². The fraction of sp³-hybridized carbons (Fsp3) is 0.214. The molecule has 0 unspecified atom stereocenters. The van der Waals surface area contributed by atoms with Crippen LogP contribution < -0.4 is 10.6 Å². The van der Waals surface area contributed by atoms with Crippen molar-refractivity contribution < 1.29 is 0 Å². The van der Waals surface area contributed by atoms with Crippen molar-refractivity contribution in [2.24, 2.45) is 7.05 Å². The van der Waals surface area contributed by atoms with Crippen LogP contribution in [0.25, 0.3) is 0 Å². The van der Waals surface area contributed by atoms with Crippen LogP contribution >= 0.6 is 35.6 Å². The normalized spacial score (nSPS) is 10.3. The summed E-state index contributed by atoms with van der Waals surface area (Å²) in [6.07, 6.45) is 1.66. The Labute approximate surface area is 144 Å². The molecule has 1 aromatic carbocycles. The fourth-order valence-corrected chi connectivity index (χ4v) is 2.74. The standard InChI is InChI=1S/C14H16ClN5S2/c1-9(2)7-16-13(21)18-11-6-10(15)4-5-12(11)22-14-19-17-8-20(14)3/h4-6,8H,1,7H2,2-3H3,(H2,16,18,21). The lowest BCUT2D eigenvalue weighted by atomic mass is 10.3. The Kier molecular flexibility index (Phi) is 5.82. The van der Waals surface area contributed by atoms with Crippen molar-refractivity contribution in [2.75, 3.05) is 11.9 Å². The van der Waals surface area contributed by atoms with Crippen LogP contribution in [-0.4, -0.2) is 26.4 Å². The number of aryl methyl sites for hydroxylation is 1. The molecule has 0 bridgehead atoms. The molecular weight excluding hydrogens is 338 g/mol. The van der Waals surface area contributed by atoms with Crippen LogP contribution in [0.1, 0.15) is 6.92 Å². The van der Waals surface area contributed by atoms with E-state index in [9.17, 15) is 0 Å². The highest BCUT2D eigenvalue weighted by molar-refractivity contribution is 7.99. The first kappa shape index (κ1) is 16.8. The quantitative estimate of drug-likeness (QED) is 0.634. The van der Waals surface area contributed by atoms with Gasteiger partial charge in [0.25, 0.3) is 0 Å². The van der Waals surface area contributed by atoms with Gasteiger partial charge in [-0.15, -0.1) is 10.2 Å². The second-order valence-electron chi connectivity index (χ2n) is 4.73. The molecule has 2 rings (SSSR count). The fourth-order valence-electron chi connectivity index (χ4n) is 1.55. The Balaban J connectivity index is 2.15. The van der Waals surface area contributed by atoms with Crippen LogP contribution in [0.5, 0.6) is 0 Å². The number of benzene rings is 1. The monoisotopic (exact) mass is 353 g/mol. The van der Waals surface area contributed by atoms with Crippen LogP contribution in [0.3, 0.4) is 0 Å². The van der Waals surface area contributed by atoms with E-state index < -0.39 is 0 Å². The van der Waals surface area contributed by atoms with E-state index in [1.165, 1.54) is 11.8 Å². The molecule has 0 saturated carbocycles. The third kappa shape index (κ3) is 4.72. The molecule has 116 valence electrons. The number of rotatable bonds is 5. The van der Waals surface area contributed by atoms with Crippen LogP contribution in [0.4, 0.5) is 5.69 Å². The van der Waals surface area contributed by atoms with Crippen molar-refractivity contribution in [2.45, 2.75) is 17.0 Å². The SMILES string of the molecule is C=C(C)CNC(=S)Nc1cc(Cl)ccc1Sc1nncn1C. The minimum atomic E-state index is 0.519. The van der Waals surface area contributed by atoms with Crippen molar-refractivity contribution in [1.82, 2.24) is 20.1 Å². The van der Waals surface area contributed by atoms with Gasteiger partial charge in [0.15, 0.2) is 10.3 Å². The van der Waals surface area contributed by atoms with Gasteiger partial charge in [-0.25, -0.2) is 0 Å². The Morgan fingerprint density at radius 3 is 2.91 bits per heavy atom. The Hall–Kier alpha value is -1.57. The van der Waals surface area contributed by atoms with Gasteiger partial charge in [0.05, 0.1) is 5.69 Å².